The van der Waals surface area contributed by atoms with Gasteiger partial charge in [-0.3, -0.25) is 9.69 Å². The fraction of sp³-hybridized carbons (Fsp3) is 0.933. The highest BCUT2D eigenvalue weighted by molar-refractivity contribution is 5.78. The fourth-order valence-corrected chi connectivity index (χ4v) is 3.60. The molecule has 1 amide bonds. The molecule has 2 atom stereocenters. The van der Waals surface area contributed by atoms with Crippen LogP contribution in [0.1, 0.15) is 32.1 Å². The van der Waals surface area contributed by atoms with Gasteiger partial charge in [0.1, 0.15) is 0 Å². The van der Waals surface area contributed by atoms with Crippen molar-refractivity contribution in [2.75, 3.05) is 45.9 Å². The first kappa shape index (κ1) is 14.3. The fourth-order valence-electron chi connectivity index (χ4n) is 3.60. The third-order valence-corrected chi connectivity index (χ3v) is 4.82. The molecule has 3 saturated heterocycles. The summed E-state index contributed by atoms with van der Waals surface area (Å²) in [6, 6.07) is 0.654. The first-order valence-corrected chi connectivity index (χ1v) is 8.17. The van der Waals surface area contributed by atoms with Crippen LogP contribution >= 0.6 is 0 Å². The molecule has 0 spiro atoms. The zero-order valence-corrected chi connectivity index (χ0v) is 12.4. The van der Waals surface area contributed by atoms with E-state index in [2.05, 4.69) is 10.2 Å². The van der Waals surface area contributed by atoms with Crippen LogP contribution in [-0.2, 0) is 9.53 Å². The lowest BCUT2D eigenvalue weighted by Gasteiger charge is -2.35. The highest BCUT2D eigenvalue weighted by Crippen LogP contribution is 2.22. The minimum absolute atomic E-state index is 0.249. The molecule has 0 radical (unpaired) electrons. The van der Waals surface area contributed by atoms with Crippen LogP contribution in [-0.4, -0.2) is 73.7 Å². The van der Waals surface area contributed by atoms with E-state index in [0.29, 0.717) is 12.6 Å². The van der Waals surface area contributed by atoms with Crippen molar-refractivity contribution in [3.05, 3.63) is 0 Å². The summed E-state index contributed by atoms with van der Waals surface area (Å²) < 4.78 is 5.89. The average molecular weight is 281 g/mol. The van der Waals surface area contributed by atoms with Crippen molar-refractivity contribution in [1.82, 2.24) is 15.1 Å². The molecule has 20 heavy (non-hydrogen) atoms. The van der Waals surface area contributed by atoms with Gasteiger partial charge in [0.25, 0.3) is 0 Å². The molecule has 0 aromatic rings. The number of carbonyl (C=O) groups is 1. The van der Waals surface area contributed by atoms with E-state index in [4.69, 9.17) is 4.74 Å². The summed E-state index contributed by atoms with van der Waals surface area (Å²) >= 11 is 0. The number of piperidine rings is 1. The molecule has 2 unspecified atom stereocenters. The Morgan fingerprint density at radius 2 is 2.00 bits per heavy atom. The van der Waals surface area contributed by atoms with Gasteiger partial charge in [-0.1, -0.05) is 0 Å². The van der Waals surface area contributed by atoms with Gasteiger partial charge in [0, 0.05) is 32.2 Å². The normalized spacial score (nSPS) is 31.3. The minimum atomic E-state index is 0.249. The zero-order chi connectivity index (χ0) is 13.8. The van der Waals surface area contributed by atoms with Crippen molar-refractivity contribution < 1.29 is 9.53 Å². The number of morpholine rings is 1. The van der Waals surface area contributed by atoms with Gasteiger partial charge < -0.3 is 15.0 Å². The van der Waals surface area contributed by atoms with Crippen LogP contribution in [0.15, 0.2) is 0 Å². The van der Waals surface area contributed by atoms with E-state index < -0.39 is 0 Å². The number of amides is 1. The Hall–Kier alpha value is -0.650. The molecular weight excluding hydrogens is 254 g/mol. The average Bonchev–Trinajstić information content (AvgIpc) is 2.95. The lowest BCUT2D eigenvalue weighted by atomic mass is 10.1. The molecule has 5 nitrogen and oxygen atoms in total. The van der Waals surface area contributed by atoms with E-state index in [1.807, 2.05) is 4.90 Å². The van der Waals surface area contributed by atoms with E-state index >= 15 is 0 Å². The largest absolute Gasteiger partial charge is 0.374 e. The molecule has 0 aromatic heterocycles. The standard InChI is InChI=1S/C15H27N3O2/c19-15(17-6-2-1-3-7-17)10-16-9-14-11-18-8-4-5-13(18)12-20-14/h13-14,16H,1-12H2. The number of hydrogen-bond donors (Lipinski definition) is 1. The summed E-state index contributed by atoms with van der Waals surface area (Å²) in [6.45, 7) is 6.25. The van der Waals surface area contributed by atoms with Crippen molar-refractivity contribution in [3.8, 4) is 0 Å². The molecule has 0 bridgehead atoms. The highest BCUT2D eigenvalue weighted by atomic mass is 16.5. The van der Waals surface area contributed by atoms with Crippen LogP contribution in [0.3, 0.4) is 0 Å². The van der Waals surface area contributed by atoms with E-state index in [9.17, 15) is 4.79 Å². The van der Waals surface area contributed by atoms with E-state index in [-0.39, 0.29) is 12.0 Å². The Labute approximate surface area is 121 Å². The molecule has 0 aromatic carbocycles. The summed E-state index contributed by atoms with van der Waals surface area (Å²) in [7, 11) is 0. The van der Waals surface area contributed by atoms with Crippen molar-refractivity contribution in [2.24, 2.45) is 0 Å². The monoisotopic (exact) mass is 281 g/mol. The van der Waals surface area contributed by atoms with Gasteiger partial charge in [0.15, 0.2) is 0 Å². The maximum atomic E-state index is 12.0. The van der Waals surface area contributed by atoms with Crippen molar-refractivity contribution in [1.29, 1.82) is 0 Å². The lowest BCUT2D eigenvalue weighted by molar-refractivity contribution is -0.131. The predicted octanol–water partition coefficient (Wildman–Crippen LogP) is 0.452. The summed E-state index contributed by atoms with van der Waals surface area (Å²) in [6.07, 6.45) is 6.43. The number of nitrogens with zero attached hydrogens (tertiary/aromatic N) is 2. The Kier molecular flexibility index (Phi) is 4.91. The molecular formula is C15H27N3O2. The Morgan fingerprint density at radius 3 is 2.85 bits per heavy atom. The molecule has 3 heterocycles. The minimum Gasteiger partial charge on any atom is -0.374 e. The van der Waals surface area contributed by atoms with E-state index in [1.165, 1.54) is 25.8 Å². The highest BCUT2D eigenvalue weighted by Gasteiger charge is 2.32. The molecule has 5 heteroatoms. The first-order chi connectivity index (χ1) is 9.83. The maximum absolute atomic E-state index is 12.0. The molecule has 1 N–H and O–H groups in total. The molecule has 3 aliphatic heterocycles. The number of likely N-dealkylation sites (tertiary alicyclic amines) is 1. The van der Waals surface area contributed by atoms with Gasteiger partial charge in [-0.25, -0.2) is 0 Å². The van der Waals surface area contributed by atoms with E-state index in [1.54, 1.807) is 0 Å². The second kappa shape index (κ2) is 6.87. The van der Waals surface area contributed by atoms with Crippen LogP contribution in [0.25, 0.3) is 0 Å². The summed E-state index contributed by atoms with van der Waals surface area (Å²) in [5.74, 6) is 0.250. The van der Waals surface area contributed by atoms with Crippen molar-refractivity contribution in [3.63, 3.8) is 0 Å². The van der Waals surface area contributed by atoms with Crippen LogP contribution < -0.4 is 5.32 Å². The Morgan fingerprint density at radius 1 is 1.15 bits per heavy atom. The zero-order valence-electron chi connectivity index (χ0n) is 12.4. The number of ether oxygens (including phenoxy) is 1. The Bertz CT molecular complexity index is 331. The van der Waals surface area contributed by atoms with Gasteiger partial charge in [-0.15, -0.1) is 0 Å². The molecule has 3 fully saturated rings. The van der Waals surface area contributed by atoms with Gasteiger partial charge in [0.2, 0.25) is 5.91 Å². The number of fused-ring (bicyclic) bond motifs is 1. The van der Waals surface area contributed by atoms with Crippen LogP contribution in [0.5, 0.6) is 0 Å². The van der Waals surface area contributed by atoms with Crippen molar-refractivity contribution >= 4 is 5.91 Å². The van der Waals surface area contributed by atoms with Crippen LogP contribution in [0, 0.1) is 0 Å². The number of rotatable bonds is 4. The number of nitrogens with one attached hydrogen (secondary N) is 1. The first-order valence-electron chi connectivity index (χ1n) is 8.17. The smallest absolute Gasteiger partial charge is 0.236 e. The second-order valence-corrected chi connectivity index (χ2v) is 6.32. The maximum Gasteiger partial charge on any atom is 0.236 e. The molecule has 0 aliphatic carbocycles. The molecule has 0 saturated carbocycles. The lowest BCUT2D eigenvalue weighted by Crippen LogP contribution is -2.50. The van der Waals surface area contributed by atoms with Gasteiger partial charge in [0.05, 0.1) is 19.3 Å². The third kappa shape index (κ3) is 3.51. The molecule has 3 aliphatic rings. The summed E-state index contributed by atoms with van der Waals surface area (Å²) in [4.78, 5) is 16.6. The molecule has 3 rings (SSSR count). The van der Waals surface area contributed by atoms with Gasteiger partial charge >= 0.3 is 0 Å². The quantitative estimate of drug-likeness (QED) is 0.813. The number of carbonyl (C=O) groups excluding carboxylic acids is 1. The van der Waals surface area contributed by atoms with E-state index in [0.717, 1.165) is 45.6 Å². The van der Waals surface area contributed by atoms with Crippen molar-refractivity contribution in [2.45, 2.75) is 44.2 Å². The van der Waals surface area contributed by atoms with Gasteiger partial charge in [-0.2, -0.15) is 0 Å². The predicted molar refractivity (Wildman–Crippen MR) is 77.6 cm³/mol. The summed E-state index contributed by atoms with van der Waals surface area (Å²) in [5.41, 5.74) is 0. The van der Waals surface area contributed by atoms with Crippen LogP contribution in [0.4, 0.5) is 0 Å². The second-order valence-electron chi connectivity index (χ2n) is 6.32. The Balaban J connectivity index is 1.34. The summed E-state index contributed by atoms with van der Waals surface area (Å²) in [5, 5.41) is 3.29. The number of hydrogen-bond acceptors (Lipinski definition) is 4. The van der Waals surface area contributed by atoms with Crippen LogP contribution in [0.2, 0.25) is 0 Å². The topological polar surface area (TPSA) is 44.8 Å². The SMILES string of the molecule is O=C(CNCC1CN2CCCC2CO1)N1CCCCC1. The van der Waals surface area contributed by atoms with Gasteiger partial charge in [-0.05, 0) is 38.6 Å². The third-order valence-electron chi connectivity index (χ3n) is 4.82. The molecule has 114 valence electrons.